The van der Waals surface area contributed by atoms with E-state index in [1.54, 1.807) is 13.8 Å². The number of rotatable bonds is 4. The number of hydrogen-bond acceptors (Lipinski definition) is 5. The Morgan fingerprint density at radius 1 is 1.23 bits per heavy atom. The molecule has 0 radical (unpaired) electrons. The van der Waals surface area contributed by atoms with Crippen LogP contribution in [0.3, 0.4) is 0 Å². The number of piperidine rings is 1. The quantitative estimate of drug-likeness (QED) is 0.468. The summed E-state index contributed by atoms with van der Waals surface area (Å²) in [5.41, 5.74) is 3.53. The molecule has 2 N–H and O–H groups in total. The van der Waals surface area contributed by atoms with Crippen molar-refractivity contribution in [2.45, 2.75) is 51.0 Å². The van der Waals surface area contributed by atoms with Gasteiger partial charge in [-0.1, -0.05) is 24.3 Å². The van der Waals surface area contributed by atoms with Gasteiger partial charge in [0.2, 0.25) is 5.91 Å². The Kier molecular flexibility index (Phi) is 4.77. The summed E-state index contributed by atoms with van der Waals surface area (Å²) >= 11 is 0. The molecule has 35 heavy (non-hydrogen) atoms. The number of carbonyl (C=O) groups excluding carboxylic acids is 1. The largest absolute Gasteiger partial charge is 0.386 e. The lowest BCUT2D eigenvalue weighted by molar-refractivity contribution is -0.136. The van der Waals surface area contributed by atoms with Crippen LogP contribution in [0.2, 0.25) is 0 Å². The van der Waals surface area contributed by atoms with Gasteiger partial charge in [-0.15, -0.1) is 0 Å². The summed E-state index contributed by atoms with van der Waals surface area (Å²) in [6, 6.07) is 12.1. The molecule has 3 aromatic heterocycles. The zero-order chi connectivity index (χ0) is 24.4. The molecule has 4 heterocycles. The van der Waals surface area contributed by atoms with E-state index in [9.17, 15) is 15.2 Å². The van der Waals surface area contributed by atoms with Gasteiger partial charge in [-0.3, -0.25) is 9.20 Å². The van der Waals surface area contributed by atoms with Crippen LogP contribution in [-0.2, 0) is 10.4 Å². The Bertz CT molecular complexity index is 1480. The van der Waals surface area contributed by atoms with E-state index in [0.29, 0.717) is 25.9 Å². The van der Waals surface area contributed by atoms with E-state index in [-0.39, 0.29) is 11.8 Å². The smallest absolute Gasteiger partial charge is 0.243 e. The Labute approximate surface area is 203 Å². The number of aromatic amines is 1. The lowest BCUT2D eigenvalue weighted by Gasteiger charge is -2.33. The number of aliphatic hydroxyl groups is 1. The summed E-state index contributed by atoms with van der Waals surface area (Å²) in [5.74, 6) is 0.939. The molecule has 1 aromatic carbocycles. The zero-order valence-electron chi connectivity index (χ0n) is 20.0. The van der Waals surface area contributed by atoms with Gasteiger partial charge in [0.05, 0.1) is 34.6 Å². The molecular weight excluding hydrogens is 440 g/mol. The van der Waals surface area contributed by atoms with Crippen LogP contribution in [-0.4, -0.2) is 48.4 Å². The summed E-state index contributed by atoms with van der Waals surface area (Å²) in [7, 11) is 0. The average Bonchev–Trinajstić information content (AvgIpc) is 3.34. The van der Waals surface area contributed by atoms with Gasteiger partial charge in [0.1, 0.15) is 11.2 Å². The van der Waals surface area contributed by atoms with Gasteiger partial charge < -0.3 is 15.0 Å². The number of nitrogens with one attached hydrogen (secondary N) is 1. The number of fused-ring (bicyclic) bond motifs is 3. The zero-order valence-corrected chi connectivity index (χ0v) is 20.0. The Morgan fingerprint density at radius 2 is 2.00 bits per heavy atom. The maximum absolute atomic E-state index is 13.1. The highest BCUT2D eigenvalue weighted by Crippen LogP contribution is 2.47. The summed E-state index contributed by atoms with van der Waals surface area (Å²) < 4.78 is 2.16. The second-order valence-electron chi connectivity index (χ2n) is 10.4. The van der Waals surface area contributed by atoms with Crippen LogP contribution in [0.25, 0.3) is 27.9 Å². The van der Waals surface area contributed by atoms with E-state index in [0.717, 1.165) is 52.2 Å². The molecule has 1 aliphatic heterocycles. The van der Waals surface area contributed by atoms with Crippen molar-refractivity contribution >= 4 is 22.6 Å². The molecule has 0 unspecified atom stereocenters. The minimum absolute atomic E-state index is 0.0264. The van der Waals surface area contributed by atoms with Crippen LogP contribution in [0.5, 0.6) is 0 Å². The van der Waals surface area contributed by atoms with Gasteiger partial charge in [-0.05, 0) is 51.2 Å². The molecule has 6 rings (SSSR count). The van der Waals surface area contributed by atoms with Crippen molar-refractivity contribution in [3.63, 3.8) is 0 Å². The second kappa shape index (κ2) is 7.65. The van der Waals surface area contributed by atoms with E-state index >= 15 is 0 Å². The minimum Gasteiger partial charge on any atom is -0.386 e. The fourth-order valence-corrected chi connectivity index (χ4v) is 5.28. The summed E-state index contributed by atoms with van der Waals surface area (Å²) in [6.45, 7) is 4.79. The van der Waals surface area contributed by atoms with E-state index in [1.165, 1.54) is 0 Å². The minimum atomic E-state index is -0.917. The highest BCUT2D eigenvalue weighted by Gasteiger charge is 2.53. The van der Waals surface area contributed by atoms with Crippen LogP contribution < -0.4 is 0 Å². The molecule has 1 saturated carbocycles. The van der Waals surface area contributed by atoms with Gasteiger partial charge in [0.25, 0.3) is 0 Å². The summed E-state index contributed by atoms with van der Waals surface area (Å²) in [5, 5.41) is 19.9. The number of nitriles is 1. The summed E-state index contributed by atoms with van der Waals surface area (Å²) in [6.07, 6.45) is 6.85. The molecule has 4 aromatic rings. The van der Waals surface area contributed by atoms with Gasteiger partial charge in [0.15, 0.2) is 5.65 Å². The number of aromatic nitrogens is 4. The monoisotopic (exact) mass is 468 g/mol. The third kappa shape index (κ3) is 3.50. The van der Waals surface area contributed by atoms with Crippen LogP contribution in [0.4, 0.5) is 0 Å². The molecule has 1 aliphatic carbocycles. The molecule has 1 saturated heterocycles. The molecule has 178 valence electrons. The maximum Gasteiger partial charge on any atom is 0.243 e. The summed E-state index contributed by atoms with van der Waals surface area (Å²) in [4.78, 5) is 27.9. The van der Waals surface area contributed by atoms with Crippen molar-refractivity contribution in [2.24, 2.45) is 5.41 Å². The number of likely N-dealkylation sites (tertiary alicyclic amines) is 1. The number of H-pyrrole nitrogens is 1. The first-order valence-electron chi connectivity index (χ1n) is 12.2. The van der Waals surface area contributed by atoms with E-state index in [4.69, 9.17) is 4.98 Å². The molecular formula is C27H28N6O2. The fraction of sp³-hybridized carbons (Fsp3) is 0.407. The van der Waals surface area contributed by atoms with E-state index in [1.807, 2.05) is 47.6 Å². The number of hydrogen-bond donors (Lipinski definition) is 2. The highest BCUT2D eigenvalue weighted by molar-refractivity contribution is 5.88. The number of carbonyl (C=O) groups is 1. The Balaban J connectivity index is 1.44. The molecule has 1 atom stereocenters. The van der Waals surface area contributed by atoms with Gasteiger partial charge in [-0.2, -0.15) is 5.26 Å². The topological polar surface area (TPSA) is 110 Å². The van der Waals surface area contributed by atoms with Gasteiger partial charge in [0, 0.05) is 30.8 Å². The fourth-order valence-electron chi connectivity index (χ4n) is 5.28. The van der Waals surface area contributed by atoms with Gasteiger partial charge >= 0.3 is 0 Å². The molecule has 2 fully saturated rings. The average molecular weight is 469 g/mol. The first-order valence-corrected chi connectivity index (χ1v) is 12.2. The predicted octanol–water partition coefficient (Wildman–Crippen LogP) is 4.11. The van der Waals surface area contributed by atoms with Crippen molar-refractivity contribution in [3.05, 3.63) is 54.1 Å². The molecule has 1 amide bonds. The molecule has 8 heteroatoms. The van der Waals surface area contributed by atoms with E-state index in [2.05, 4.69) is 20.4 Å². The molecule has 8 nitrogen and oxygen atoms in total. The molecule has 0 spiro atoms. The third-order valence-electron chi connectivity index (χ3n) is 7.51. The van der Waals surface area contributed by atoms with Crippen molar-refractivity contribution in [3.8, 4) is 17.3 Å². The maximum atomic E-state index is 13.1. The van der Waals surface area contributed by atoms with Crippen molar-refractivity contribution in [1.29, 1.82) is 5.26 Å². The van der Waals surface area contributed by atoms with Crippen LogP contribution >= 0.6 is 0 Å². The molecule has 0 bridgehead atoms. The van der Waals surface area contributed by atoms with E-state index < -0.39 is 11.0 Å². The number of amides is 1. The molecule has 2 aliphatic rings. The van der Waals surface area contributed by atoms with Crippen molar-refractivity contribution in [2.75, 3.05) is 13.1 Å². The van der Waals surface area contributed by atoms with Crippen molar-refractivity contribution < 1.29 is 9.90 Å². The number of benzene rings is 1. The van der Waals surface area contributed by atoms with Crippen molar-refractivity contribution in [1.82, 2.24) is 24.3 Å². The lowest BCUT2D eigenvalue weighted by atomic mass is 9.95. The Hall–Kier alpha value is -3.70. The standard InChI is InChI=1S/C27H28N6O2/c1-26(2,35)19-7-5-17(6-8-19)22-21-14-30-23-20(9-12-29-23)33(21)24(31-22)18-4-3-13-32(15-18)25(34)27(16-28)10-11-27/h5-9,12,14,18,29,35H,3-4,10-11,13,15H2,1-2H3/t18-/m1/s1. The van der Waals surface area contributed by atoms with Gasteiger partial charge in [-0.25, -0.2) is 9.97 Å². The Morgan fingerprint density at radius 3 is 2.69 bits per heavy atom. The first-order chi connectivity index (χ1) is 16.8. The predicted molar refractivity (Wildman–Crippen MR) is 131 cm³/mol. The van der Waals surface area contributed by atoms with Crippen LogP contribution in [0.1, 0.15) is 56.8 Å². The number of nitrogens with zero attached hydrogens (tertiary/aromatic N) is 5. The second-order valence-corrected chi connectivity index (χ2v) is 10.4. The van der Waals surface area contributed by atoms with Crippen LogP contribution in [0, 0.1) is 16.7 Å². The first kappa shape index (κ1) is 21.8. The lowest BCUT2D eigenvalue weighted by Crippen LogP contribution is -2.43. The number of imidazole rings is 1. The SMILES string of the molecule is CC(C)(O)c1ccc(-c2nc([C@@H]3CCCN(C(=O)C4(C#N)CC4)C3)n3c2cnc2[nH]ccc23)cc1. The normalized spacial score (nSPS) is 19.7. The van der Waals surface area contributed by atoms with Crippen LogP contribution in [0.15, 0.2) is 42.7 Å². The highest BCUT2D eigenvalue weighted by atomic mass is 16.3. The third-order valence-corrected chi connectivity index (χ3v) is 7.51.